The fourth-order valence-electron chi connectivity index (χ4n) is 4.27. The van der Waals surface area contributed by atoms with Gasteiger partial charge in [0.15, 0.2) is 5.76 Å². The lowest BCUT2D eigenvalue weighted by Gasteiger charge is -2.32. The first-order valence-corrected chi connectivity index (χ1v) is 11.0. The van der Waals surface area contributed by atoms with Crippen LogP contribution in [0.3, 0.4) is 0 Å². The third-order valence-electron chi connectivity index (χ3n) is 5.97. The molecule has 0 radical (unpaired) electrons. The van der Waals surface area contributed by atoms with E-state index in [1.807, 2.05) is 43.3 Å². The van der Waals surface area contributed by atoms with Crippen LogP contribution in [0.4, 0.5) is 5.69 Å². The van der Waals surface area contributed by atoms with E-state index >= 15 is 0 Å². The number of methoxy groups -OCH3 is 1. The van der Waals surface area contributed by atoms with Crippen molar-refractivity contribution < 1.29 is 18.7 Å². The van der Waals surface area contributed by atoms with Gasteiger partial charge in [-0.15, -0.1) is 0 Å². The van der Waals surface area contributed by atoms with Gasteiger partial charge in [0.2, 0.25) is 5.91 Å². The normalized spacial score (nSPS) is 14.7. The highest BCUT2D eigenvalue weighted by Crippen LogP contribution is 2.33. The Hall–Kier alpha value is -3.54. The molecule has 4 rings (SSSR count). The van der Waals surface area contributed by atoms with Gasteiger partial charge in [-0.2, -0.15) is 0 Å². The summed E-state index contributed by atoms with van der Waals surface area (Å²) in [6.07, 6.45) is 5.58. The molecule has 1 heterocycles. The molecule has 1 aromatic heterocycles. The predicted molar refractivity (Wildman–Crippen MR) is 123 cm³/mol. The van der Waals surface area contributed by atoms with Crippen LogP contribution in [0.25, 0.3) is 0 Å². The van der Waals surface area contributed by atoms with Crippen LogP contribution >= 0.6 is 0 Å². The van der Waals surface area contributed by atoms with Crippen molar-refractivity contribution in [1.82, 2.24) is 5.32 Å². The zero-order valence-corrected chi connectivity index (χ0v) is 18.4. The van der Waals surface area contributed by atoms with Crippen molar-refractivity contribution in [3.8, 4) is 5.75 Å². The van der Waals surface area contributed by atoms with Gasteiger partial charge in [-0.25, -0.2) is 0 Å². The molecule has 166 valence electrons. The van der Waals surface area contributed by atoms with Crippen LogP contribution < -0.4 is 15.0 Å². The molecule has 1 atom stereocenters. The summed E-state index contributed by atoms with van der Waals surface area (Å²) in [6.45, 7) is 1.93. The van der Waals surface area contributed by atoms with Crippen LogP contribution in [0.15, 0.2) is 71.3 Å². The van der Waals surface area contributed by atoms with Gasteiger partial charge in [-0.3, -0.25) is 14.5 Å². The quantitative estimate of drug-likeness (QED) is 0.568. The molecule has 1 aliphatic carbocycles. The average Bonchev–Trinajstić information content (AvgIpc) is 3.52. The second-order valence-electron chi connectivity index (χ2n) is 8.10. The maximum absolute atomic E-state index is 13.7. The number of nitrogens with zero attached hydrogens (tertiary/aromatic N) is 1. The molecule has 0 spiro atoms. The van der Waals surface area contributed by atoms with Crippen LogP contribution in [0, 0.1) is 6.92 Å². The van der Waals surface area contributed by atoms with Gasteiger partial charge in [0.05, 0.1) is 13.4 Å². The van der Waals surface area contributed by atoms with Crippen molar-refractivity contribution in [1.29, 1.82) is 0 Å². The van der Waals surface area contributed by atoms with Crippen molar-refractivity contribution >= 4 is 17.5 Å². The monoisotopic (exact) mass is 432 g/mol. The number of furan rings is 1. The lowest BCUT2D eigenvalue weighted by atomic mass is 10.0. The summed E-state index contributed by atoms with van der Waals surface area (Å²) in [7, 11) is 1.60. The summed E-state index contributed by atoms with van der Waals surface area (Å²) in [4.78, 5) is 28.9. The molecule has 0 bridgehead atoms. The SMILES string of the molecule is COc1ccc([C@@H](C(=O)NC2CCCC2)N(C(=O)c2ccco2)c2ccccc2C)cc1. The number of anilines is 1. The highest BCUT2D eigenvalue weighted by molar-refractivity contribution is 6.09. The highest BCUT2D eigenvalue weighted by atomic mass is 16.5. The molecule has 2 aromatic carbocycles. The molecule has 1 fully saturated rings. The first kappa shape index (κ1) is 21.7. The summed E-state index contributed by atoms with van der Waals surface area (Å²) in [5, 5.41) is 3.18. The van der Waals surface area contributed by atoms with Gasteiger partial charge < -0.3 is 14.5 Å². The summed E-state index contributed by atoms with van der Waals surface area (Å²) in [6, 6.07) is 17.4. The Morgan fingerprint density at radius 2 is 1.75 bits per heavy atom. The van der Waals surface area contributed by atoms with Crippen LogP contribution in [0.2, 0.25) is 0 Å². The second-order valence-corrected chi connectivity index (χ2v) is 8.10. The zero-order chi connectivity index (χ0) is 22.5. The number of benzene rings is 2. The highest BCUT2D eigenvalue weighted by Gasteiger charge is 2.36. The molecule has 3 aromatic rings. The number of amides is 2. The zero-order valence-electron chi connectivity index (χ0n) is 18.4. The Morgan fingerprint density at radius 1 is 1.03 bits per heavy atom. The molecule has 2 amide bonds. The van der Waals surface area contributed by atoms with E-state index in [0.717, 1.165) is 31.2 Å². The third kappa shape index (κ3) is 4.54. The van der Waals surface area contributed by atoms with Gasteiger partial charge in [-0.05, 0) is 61.2 Å². The third-order valence-corrected chi connectivity index (χ3v) is 5.97. The minimum atomic E-state index is -0.861. The number of ether oxygens (including phenoxy) is 1. The molecular formula is C26H28N2O4. The summed E-state index contributed by atoms with van der Waals surface area (Å²) in [5.41, 5.74) is 2.25. The smallest absolute Gasteiger partial charge is 0.294 e. The van der Waals surface area contributed by atoms with Crippen LogP contribution in [-0.4, -0.2) is 25.0 Å². The largest absolute Gasteiger partial charge is 0.497 e. The van der Waals surface area contributed by atoms with E-state index in [1.165, 1.54) is 6.26 Å². The number of hydrogen-bond donors (Lipinski definition) is 1. The number of para-hydroxylation sites is 1. The molecule has 1 aliphatic rings. The fraction of sp³-hybridized carbons (Fsp3) is 0.308. The van der Waals surface area contributed by atoms with Crippen molar-refractivity contribution in [3.05, 3.63) is 83.8 Å². The Labute approximate surface area is 188 Å². The number of aryl methyl sites for hydroxylation is 1. The fourth-order valence-corrected chi connectivity index (χ4v) is 4.27. The van der Waals surface area contributed by atoms with Crippen LogP contribution in [0.1, 0.15) is 53.4 Å². The Balaban J connectivity index is 1.81. The van der Waals surface area contributed by atoms with E-state index in [-0.39, 0.29) is 23.6 Å². The molecular weight excluding hydrogens is 404 g/mol. The minimum absolute atomic E-state index is 0.126. The average molecular weight is 433 g/mol. The maximum atomic E-state index is 13.7. The molecule has 6 heteroatoms. The molecule has 6 nitrogen and oxygen atoms in total. The molecule has 1 N–H and O–H groups in total. The standard InChI is InChI=1S/C26H28N2O4/c1-18-8-3-6-11-22(18)28(26(30)23-12-7-17-32-23)24(19-13-15-21(31-2)16-14-19)25(29)27-20-9-4-5-10-20/h3,6-8,11-17,20,24H,4-5,9-10H2,1-2H3,(H,27,29)/t24-/m0/s1. The van der Waals surface area contributed by atoms with Gasteiger partial charge in [-0.1, -0.05) is 43.2 Å². The van der Waals surface area contributed by atoms with Crippen molar-refractivity contribution in [2.75, 3.05) is 12.0 Å². The predicted octanol–water partition coefficient (Wildman–Crippen LogP) is 5.04. The first-order chi connectivity index (χ1) is 15.6. The summed E-state index contributed by atoms with van der Waals surface area (Å²) < 4.78 is 10.7. The van der Waals surface area contributed by atoms with E-state index in [4.69, 9.17) is 9.15 Å². The van der Waals surface area contributed by atoms with Gasteiger partial charge in [0.1, 0.15) is 11.8 Å². The number of nitrogens with one attached hydrogen (secondary N) is 1. The van der Waals surface area contributed by atoms with Gasteiger partial charge >= 0.3 is 0 Å². The van der Waals surface area contributed by atoms with Crippen molar-refractivity contribution in [2.45, 2.75) is 44.7 Å². The molecule has 32 heavy (non-hydrogen) atoms. The molecule has 0 unspecified atom stereocenters. The minimum Gasteiger partial charge on any atom is -0.497 e. The summed E-state index contributed by atoms with van der Waals surface area (Å²) >= 11 is 0. The molecule has 1 saturated carbocycles. The lowest BCUT2D eigenvalue weighted by molar-refractivity contribution is -0.123. The van der Waals surface area contributed by atoms with E-state index in [1.54, 1.807) is 36.3 Å². The maximum Gasteiger partial charge on any atom is 0.294 e. The second kappa shape index (κ2) is 9.73. The van der Waals surface area contributed by atoms with E-state index in [9.17, 15) is 9.59 Å². The number of rotatable bonds is 7. The van der Waals surface area contributed by atoms with E-state index < -0.39 is 6.04 Å². The van der Waals surface area contributed by atoms with Crippen molar-refractivity contribution in [3.63, 3.8) is 0 Å². The number of hydrogen-bond acceptors (Lipinski definition) is 4. The summed E-state index contributed by atoms with van der Waals surface area (Å²) in [5.74, 6) is 0.292. The Bertz CT molecular complexity index is 1050. The number of carbonyl (C=O) groups is 2. The molecule has 0 aliphatic heterocycles. The van der Waals surface area contributed by atoms with Gasteiger partial charge in [0, 0.05) is 11.7 Å². The molecule has 0 saturated heterocycles. The Morgan fingerprint density at radius 3 is 2.38 bits per heavy atom. The van der Waals surface area contributed by atoms with Crippen LogP contribution in [-0.2, 0) is 4.79 Å². The van der Waals surface area contributed by atoms with Crippen LogP contribution in [0.5, 0.6) is 5.75 Å². The van der Waals surface area contributed by atoms with Gasteiger partial charge in [0.25, 0.3) is 5.91 Å². The first-order valence-electron chi connectivity index (χ1n) is 11.0. The van der Waals surface area contributed by atoms with E-state index in [2.05, 4.69) is 5.32 Å². The van der Waals surface area contributed by atoms with Crippen molar-refractivity contribution in [2.24, 2.45) is 0 Å². The lowest BCUT2D eigenvalue weighted by Crippen LogP contribution is -2.46. The topological polar surface area (TPSA) is 71.8 Å². The Kier molecular flexibility index (Phi) is 6.59. The van der Waals surface area contributed by atoms with E-state index in [0.29, 0.717) is 17.0 Å². The number of carbonyl (C=O) groups excluding carboxylic acids is 2.